The molecule has 0 spiro atoms. The summed E-state index contributed by atoms with van der Waals surface area (Å²) in [6, 6.07) is 11.8. The summed E-state index contributed by atoms with van der Waals surface area (Å²) in [5.74, 6) is 1.76. The van der Waals surface area contributed by atoms with Crippen LogP contribution in [0.4, 0.5) is 4.39 Å². The summed E-state index contributed by atoms with van der Waals surface area (Å²) in [7, 11) is 1.62. The van der Waals surface area contributed by atoms with Crippen LogP contribution in [0.5, 0.6) is 17.2 Å². The maximum atomic E-state index is 13.1. The zero-order valence-corrected chi connectivity index (χ0v) is 11.6. The highest BCUT2D eigenvalue weighted by atomic mass is 19.1. The van der Waals surface area contributed by atoms with Gasteiger partial charge in [0, 0.05) is 6.07 Å². The van der Waals surface area contributed by atoms with Crippen LogP contribution in [0.15, 0.2) is 42.5 Å². The van der Waals surface area contributed by atoms with Crippen LogP contribution in [-0.4, -0.2) is 20.3 Å². The molecule has 0 radical (unpaired) electrons. The third-order valence-corrected chi connectivity index (χ3v) is 2.82. The van der Waals surface area contributed by atoms with E-state index in [0.29, 0.717) is 19.0 Å². The van der Waals surface area contributed by atoms with E-state index in [4.69, 9.17) is 14.2 Å². The standard InChI is InChI=1S/C16H17FO3/c1-12-3-4-13(17)11-16(12)20-10-9-19-15-7-5-14(18-2)6-8-15/h3-8,11H,9-10H2,1-2H3. The lowest BCUT2D eigenvalue weighted by Gasteiger charge is -2.10. The second-order valence-corrected chi connectivity index (χ2v) is 4.28. The number of methoxy groups -OCH3 is 1. The monoisotopic (exact) mass is 276 g/mol. The molecule has 0 aliphatic rings. The molecular formula is C16H17FO3. The third-order valence-electron chi connectivity index (χ3n) is 2.82. The van der Waals surface area contributed by atoms with Gasteiger partial charge in [-0.3, -0.25) is 0 Å². The number of rotatable bonds is 6. The molecule has 2 rings (SSSR count). The van der Waals surface area contributed by atoms with Gasteiger partial charge in [-0.25, -0.2) is 4.39 Å². The van der Waals surface area contributed by atoms with Crippen LogP contribution in [0.1, 0.15) is 5.56 Å². The van der Waals surface area contributed by atoms with Crippen LogP contribution >= 0.6 is 0 Å². The molecule has 0 fully saturated rings. The van der Waals surface area contributed by atoms with Gasteiger partial charge >= 0.3 is 0 Å². The molecule has 0 saturated carbocycles. The molecule has 0 saturated heterocycles. The molecule has 0 aromatic heterocycles. The SMILES string of the molecule is COc1ccc(OCCOc2cc(F)ccc2C)cc1. The number of hydrogen-bond donors (Lipinski definition) is 0. The van der Waals surface area contributed by atoms with Gasteiger partial charge in [-0.15, -0.1) is 0 Å². The Morgan fingerprint density at radius 1 is 0.900 bits per heavy atom. The predicted molar refractivity (Wildman–Crippen MR) is 75.1 cm³/mol. The summed E-state index contributed by atoms with van der Waals surface area (Å²) in [6.07, 6.45) is 0. The van der Waals surface area contributed by atoms with Gasteiger partial charge in [-0.05, 0) is 42.8 Å². The highest BCUT2D eigenvalue weighted by Crippen LogP contribution is 2.19. The van der Waals surface area contributed by atoms with Crippen LogP contribution in [-0.2, 0) is 0 Å². The van der Waals surface area contributed by atoms with Gasteiger partial charge in [0.05, 0.1) is 7.11 Å². The Kier molecular flexibility index (Phi) is 4.82. The summed E-state index contributed by atoms with van der Waals surface area (Å²) < 4.78 is 29.1. The zero-order chi connectivity index (χ0) is 14.4. The quantitative estimate of drug-likeness (QED) is 0.754. The first-order valence-corrected chi connectivity index (χ1v) is 6.35. The average molecular weight is 276 g/mol. The minimum Gasteiger partial charge on any atom is -0.497 e. The highest BCUT2D eigenvalue weighted by Gasteiger charge is 2.02. The van der Waals surface area contributed by atoms with Crippen molar-refractivity contribution < 1.29 is 18.6 Å². The second kappa shape index (κ2) is 6.80. The van der Waals surface area contributed by atoms with Crippen molar-refractivity contribution in [1.82, 2.24) is 0 Å². The van der Waals surface area contributed by atoms with E-state index in [0.717, 1.165) is 17.1 Å². The molecule has 106 valence electrons. The van der Waals surface area contributed by atoms with Crippen LogP contribution in [0.25, 0.3) is 0 Å². The Morgan fingerprint density at radius 2 is 1.55 bits per heavy atom. The van der Waals surface area contributed by atoms with Crippen LogP contribution in [0.2, 0.25) is 0 Å². The summed E-state index contributed by atoms with van der Waals surface area (Å²) in [6.45, 7) is 2.62. The van der Waals surface area contributed by atoms with E-state index in [1.807, 2.05) is 31.2 Å². The molecule has 0 amide bonds. The van der Waals surface area contributed by atoms with E-state index in [1.165, 1.54) is 12.1 Å². The molecule has 0 atom stereocenters. The Labute approximate surface area is 117 Å². The van der Waals surface area contributed by atoms with E-state index >= 15 is 0 Å². The topological polar surface area (TPSA) is 27.7 Å². The number of benzene rings is 2. The van der Waals surface area contributed by atoms with Gasteiger partial charge in [-0.1, -0.05) is 6.07 Å². The molecular weight excluding hydrogens is 259 g/mol. The molecule has 0 bridgehead atoms. The Hall–Kier alpha value is -2.23. The van der Waals surface area contributed by atoms with Crippen LogP contribution in [0.3, 0.4) is 0 Å². The van der Waals surface area contributed by atoms with Crippen molar-refractivity contribution in [3.05, 3.63) is 53.8 Å². The first-order valence-electron chi connectivity index (χ1n) is 6.35. The fourth-order valence-electron chi connectivity index (χ4n) is 1.71. The minimum atomic E-state index is -0.304. The van der Waals surface area contributed by atoms with Gasteiger partial charge in [0.15, 0.2) is 0 Å². The molecule has 4 heteroatoms. The Morgan fingerprint density at radius 3 is 2.25 bits per heavy atom. The van der Waals surface area contributed by atoms with E-state index in [9.17, 15) is 4.39 Å². The predicted octanol–water partition coefficient (Wildman–Crippen LogP) is 3.60. The van der Waals surface area contributed by atoms with E-state index in [2.05, 4.69) is 0 Å². The first-order chi connectivity index (χ1) is 9.69. The lowest BCUT2D eigenvalue weighted by atomic mass is 10.2. The van der Waals surface area contributed by atoms with Crippen molar-refractivity contribution in [2.24, 2.45) is 0 Å². The molecule has 2 aromatic rings. The zero-order valence-electron chi connectivity index (χ0n) is 11.6. The Balaban J connectivity index is 1.79. The molecule has 0 heterocycles. The highest BCUT2D eigenvalue weighted by molar-refractivity contribution is 5.33. The summed E-state index contributed by atoms with van der Waals surface area (Å²) in [4.78, 5) is 0. The fraction of sp³-hybridized carbons (Fsp3) is 0.250. The molecule has 0 N–H and O–H groups in total. The minimum absolute atomic E-state index is 0.304. The van der Waals surface area contributed by atoms with Crippen molar-refractivity contribution in [2.75, 3.05) is 20.3 Å². The van der Waals surface area contributed by atoms with E-state index in [1.54, 1.807) is 13.2 Å². The maximum absolute atomic E-state index is 13.1. The molecule has 0 aliphatic carbocycles. The van der Waals surface area contributed by atoms with E-state index < -0.39 is 0 Å². The summed E-state index contributed by atoms with van der Waals surface area (Å²) in [5.41, 5.74) is 0.899. The number of aryl methyl sites for hydroxylation is 1. The van der Waals surface area contributed by atoms with Gasteiger partial charge < -0.3 is 14.2 Å². The summed E-state index contributed by atoms with van der Waals surface area (Å²) >= 11 is 0. The molecule has 0 unspecified atom stereocenters. The first kappa shape index (κ1) is 14.2. The number of hydrogen-bond acceptors (Lipinski definition) is 3. The lowest BCUT2D eigenvalue weighted by molar-refractivity contribution is 0.215. The molecule has 3 nitrogen and oxygen atoms in total. The second-order valence-electron chi connectivity index (χ2n) is 4.28. The average Bonchev–Trinajstić information content (AvgIpc) is 2.47. The van der Waals surface area contributed by atoms with Crippen LogP contribution < -0.4 is 14.2 Å². The maximum Gasteiger partial charge on any atom is 0.126 e. The molecule has 0 aliphatic heterocycles. The van der Waals surface area contributed by atoms with Gasteiger partial charge in [0.25, 0.3) is 0 Å². The molecule has 20 heavy (non-hydrogen) atoms. The van der Waals surface area contributed by atoms with Crippen LogP contribution in [0, 0.1) is 12.7 Å². The van der Waals surface area contributed by atoms with Crippen molar-refractivity contribution in [1.29, 1.82) is 0 Å². The number of halogens is 1. The van der Waals surface area contributed by atoms with Crippen molar-refractivity contribution >= 4 is 0 Å². The van der Waals surface area contributed by atoms with Gasteiger partial charge in [0.1, 0.15) is 36.3 Å². The smallest absolute Gasteiger partial charge is 0.126 e. The van der Waals surface area contributed by atoms with Crippen molar-refractivity contribution in [3.63, 3.8) is 0 Å². The Bertz CT molecular complexity index is 552. The van der Waals surface area contributed by atoms with Gasteiger partial charge in [-0.2, -0.15) is 0 Å². The van der Waals surface area contributed by atoms with E-state index in [-0.39, 0.29) is 5.82 Å². The largest absolute Gasteiger partial charge is 0.497 e. The lowest BCUT2D eigenvalue weighted by Crippen LogP contribution is -2.09. The normalized spacial score (nSPS) is 10.2. The van der Waals surface area contributed by atoms with Crippen molar-refractivity contribution in [3.8, 4) is 17.2 Å². The number of ether oxygens (including phenoxy) is 3. The fourth-order valence-corrected chi connectivity index (χ4v) is 1.71. The molecule has 2 aromatic carbocycles. The summed E-state index contributed by atoms with van der Waals surface area (Å²) in [5, 5.41) is 0. The third kappa shape index (κ3) is 3.88. The van der Waals surface area contributed by atoms with Crippen molar-refractivity contribution in [2.45, 2.75) is 6.92 Å². The van der Waals surface area contributed by atoms with Gasteiger partial charge in [0.2, 0.25) is 0 Å².